The van der Waals surface area contributed by atoms with Crippen LogP contribution in [-0.4, -0.2) is 19.1 Å². The van der Waals surface area contributed by atoms with Gasteiger partial charge in [-0.25, -0.2) is 0 Å². The van der Waals surface area contributed by atoms with Gasteiger partial charge in [-0.2, -0.15) is 0 Å². The fraction of sp³-hybridized carbons (Fsp3) is 0.316. The van der Waals surface area contributed by atoms with Crippen molar-refractivity contribution >= 4 is 27.5 Å². The summed E-state index contributed by atoms with van der Waals surface area (Å²) >= 11 is 3.48. The molecule has 0 saturated heterocycles. The molecule has 0 heterocycles. The topological polar surface area (TPSA) is 47.6 Å². The first-order valence-corrected chi connectivity index (χ1v) is 8.82. The van der Waals surface area contributed by atoms with Crippen LogP contribution in [0.5, 0.6) is 11.5 Å². The number of benzene rings is 2. The van der Waals surface area contributed by atoms with E-state index in [1.807, 2.05) is 45.0 Å². The van der Waals surface area contributed by atoms with Gasteiger partial charge in [0.2, 0.25) is 0 Å². The van der Waals surface area contributed by atoms with Crippen molar-refractivity contribution < 1.29 is 14.3 Å². The van der Waals surface area contributed by atoms with Crippen LogP contribution >= 0.6 is 15.9 Å². The largest absolute Gasteiger partial charge is 0.490 e. The van der Waals surface area contributed by atoms with Crippen LogP contribution in [0, 0.1) is 6.92 Å². The lowest BCUT2D eigenvalue weighted by Gasteiger charge is -2.15. The van der Waals surface area contributed by atoms with Crippen molar-refractivity contribution in [2.24, 2.45) is 0 Å². The molecule has 128 valence electrons. The smallest absolute Gasteiger partial charge is 0.255 e. The van der Waals surface area contributed by atoms with Crippen LogP contribution in [0.15, 0.2) is 40.9 Å². The van der Waals surface area contributed by atoms with E-state index in [0.29, 0.717) is 34.7 Å². The van der Waals surface area contributed by atoms with Gasteiger partial charge in [0.15, 0.2) is 11.5 Å². The van der Waals surface area contributed by atoms with Crippen LogP contribution in [0.2, 0.25) is 0 Å². The summed E-state index contributed by atoms with van der Waals surface area (Å²) in [4.78, 5) is 12.6. The van der Waals surface area contributed by atoms with E-state index >= 15 is 0 Å². The number of amides is 1. The van der Waals surface area contributed by atoms with Crippen LogP contribution < -0.4 is 14.8 Å². The Labute approximate surface area is 151 Å². The molecule has 5 heteroatoms. The third kappa shape index (κ3) is 4.51. The highest BCUT2D eigenvalue weighted by Crippen LogP contribution is 2.37. The molecule has 0 aromatic heterocycles. The van der Waals surface area contributed by atoms with Gasteiger partial charge < -0.3 is 14.8 Å². The highest BCUT2D eigenvalue weighted by atomic mass is 79.9. The minimum atomic E-state index is -0.187. The molecule has 1 amide bonds. The number of nitrogens with one attached hydrogen (secondary N) is 1. The molecule has 4 nitrogen and oxygen atoms in total. The molecule has 2 aromatic rings. The summed E-state index contributed by atoms with van der Waals surface area (Å²) in [6.45, 7) is 6.99. The van der Waals surface area contributed by atoms with E-state index in [0.717, 1.165) is 17.7 Å². The second kappa shape index (κ2) is 8.73. The maximum absolute atomic E-state index is 12.6. The first-order valence-electron chi connectivity index (χ1n) is 8.02. The number of ether oxygens (including phenoxy) is 2. The molecule has 2 aromatic carbocycles. The quantitative estimate of drug-likeness (QED) is 0.705. The van der Waals surface area contributed by atoms with Crippen LogP contribution in [0.25, 0.3) is 0 Å². The number of hydrogen-bond donors (Lipinski definition) is 1. The fourth-order valence-electron chi connectivity index (χ4n) is 2.21. The van der Waals surface area contributed by atoms with E-state index < -0.39 is 0 Å². The Hall–Kier alpha value is -2.01. The van der Waals surface area contributed by atoms with Gasteiger partial charge in [0.05, 0.1) is 17.7 Å². The number of rotatable bonds is 7. The average molecular weight is 392 g/mol. The van der Waals surface area contributed by atoms with Crippen molar-refractivity contribution in [3.05, 3.63) is 52.0 Å². The Morgan fingerprint density at radius 3 is 2.58 bits per heavy atom. The van der Waals surface area contributed by atoms with Gasteiger partial charge in [-0.1, -0.05) is 25.1 Å². The predicted molar refractivity (Wildman–Crippen MR) is 100 cm³/mol. The number of carbonyl (C=O) groups excluding carboxylic acids is 1. The summed E-state index contributed by atoms with van der Waals surface area (Å²) in [6.07, 6.45) is 0.896. The van der Waals surface area contributed by atoms with E-state index in [1.165, 1.54) is 0 Å². The van der Waals surface area contributed by atoms with Crippen molar-refractivity contribution in [3.63, 3.8) is 0 Å². The van der Waals surface area contributed by atoms with Gasteiger partial charge in [-0.3, -0.25) is 4.79 Å². The third-order valence-corrected chi connectivity index (χ3v) is 4.00. The summed E-state index contributed by atoms with van der Waals surface area (Å²) in [7, 11) is 0. The third-order valence-electron chi connectivity index (χ3n) is 3.42. The molecule has 1 N–H and O–H groups in total. The summed E-state index contributed by atoms with van der Waals surface area (Å²) in [6, 6.07) is 11.1. The molecule has 0 bridgehead atoms. The number of halogens is 1. The molecule has 0 saturated carbocycles. The Morgan fingerprint density at radius 2 is 1.92 bits per heavy atom. The van der Waals surface area contributed by atoms with Crippen molar-refractivity contribution in [1.29, 1.82) is 0 Å². The molecule has 24 heavy (non-hydrogen) atoms. The van der Waals surface area contributed by atoms with Crippen molar-refractivity contribution in [2.45, 2.75) is 27.2 Å². The zero-order valence-corrected chi connectivity index (χ0v) is 15.8. The lowest BCUT2D eigenvalue weighted by atomic mass is 10.1. The maximum Gasteiger partial charge on any atom is 0.255 e. The number of carbonyl (C=O) groups is 1. The number of anilines is 1. The summed E-state index contributed by atoms with van der Waals surface area (Å²) in [5.74, 6) is 1.01. The monoisotopic (exact) mass is 391 g/mol. The van der Waals surface area contributed by atoms with E-state index in [-0.39, 0.29) is 5.91 Å². The number of aryl methyl sites for hydroxylation is 1. The molecule has 0 radical (unpaired) electrons. The molecule has 0 aliphatic heterocycles. The maximum atomic E-state index is 12.6. The van der Waals surface area contributed by atoms with E-state index in [2.05, 4.69) is 21.2 Å². The Morgan fingerprint density at radius 1 is 1.17 bits per heavy atom. The zero-order chi connectivity index (χ0) is 17.5. The van der Waals surface area contributed by atoms with Crippen LogP contribution in [0.3, 0.4) is 0 Å². The fourth-order valence-corrected chi connectivity index (χ4v) is 2.77. The predicted octanol–water partition coefficient (Wildman–Crippen LogP) is 5.20. The second-order valence-electron chi connectivity index (χ2n) is 5.34. The highest BCUT2D eigenvalue weighted by Gasteiger charge is 2.16. The molecule has 0 atom stereocenters. The molecule has 0 fully saturated rings. The molecule has 0 aliphatic carbocycles. The molecular weight excluding hydrogens is 370 g/mol. The highest BCUT2D eigenvalue weighted by molar-refractivity contribution is 9.10. The van der Waals surface area contributed by atoms with E-state index in [1.54, 1.807) is 12.1 Å². The van der Waals surface area contributed by atoms with Crippen molar-refractivity contribution in [2.75, 3.05) is 18.5 Å². The molecule has 2 rings (SSSR count). The van der Waals surface area contributed by atoms with Gasteiger partial charge in [-0.15, -0.1) is 0 Å². The molecule has 0 spiro atoms. The number of hydrogen-bond acceptors (Lipinski definition) is 3. The summed E-state index contributed by atoms with van der Waals surface area (Å²) in [5.41, 5.74) is 2.32. The van der Waals surface area contributed by atoms with Crippen molar-refractivity contribution in [1.82, 2.24) is 0 Å². The number of para-hydroxylation sites is 1. The molecular formula is C19H22BrNO3. The zero-order valence-electron chi connectivity index (χ0n) is 14.2. The lowest BCUT2D eigenvalue weighted by Crippen LogP contribution is -2.13. The van der Waals surface area contributed by atoms with Crippen molar-refractivity contribution in [3.8, 4) is 11.5 Å². The Balaban J connectivity index is 2.29. The van der Waals surface area contributed by atoms with E-state index in [9.17, 15) is 4.79 Å². The van der Waals surface area contributed by atoms with Gasteiger partial charge >= 0.3 is 0 Å². The summed E-state index contributed by atoms with van der Waals surface area (Å²) in [5, 5.41) is 2.93. The minimum absolute atomic E-state index is 0.187. The molecule has 0 unspecified atom stereocenters. The first kappa shape index (κ1) is 18.3. The second-order valence-corrected chi connectivity index (χ2v) is 6.19. The SMILES string of the molecule is CCCOc1c(Br)cc(C(=O)Nc2ccccc2C)cc1OCC. The van der Waals surface area contributed by atoms with Crippen LogP contribution in [0.1, 0.15) is 36.2 Å². The summed E-state index contributed by atoms with van der Waals surface area (Å²) < 4.78 is 12.1. The van der Waals surface area contributed by atoms with Gasteiger partial charge in [0.1, 0.15) is 0 Å². The van der Waals surface area contributed by atoms with Gasteiger partial charge in [-0.05, 0) is 60.0 Å². The van der Waals surface area contributed by atoms with Gasteiger partial charge in [0, 0.05) is 11.3 Å². The van der Waals surface area contributed by atoms with E-state index in [4.69, 9.17) is 9.47 Å². The first-order chi connectivity index (χ1) is 11.6. The minimum Gasteiger partial charge on any atom is -0.490 e. The Kier molecular flexibility index (Phi) is 6.67. The normalized spacial score (nSPS) is 10.3. The van der Waals surface area contributed by atoms with Crippen LogP contribution in [0.4, 0.5) is 5.69 Å². The Bertz CT molecular complexity index is 716. The lowest BCUT2D eigenvalue weighted by molar-refractivity contribution is 0.102. The van der Waals surface area contributed by atoms with Gasteiger partial charge in [0.25, 0.3) is 5.91 Å². The van der Waals surface area contributed by atoms with Crippen LogP contribution in [-0.2, 0) is 0 Å². The molecule has 0 aliphatic rings. The average Bonchev–Trinajstić information content (AvgIpc) is 2.56. The standard InChI is InChI=1S/C19H22BrNO3/c1-4-10-24-18-15(20)11-14(12-17(18)23-5-2)19(22)21-16-9-7-6-8-13(16)3/h6-9,11-12H,4-5,10H2,1-3H3,(H,21,22).